The number of likely N-dealkylation sites (tertiary alicyclic amines) is 3. The number of carbonyl (C=O) groups is 12. The van der Waals surface area contributed by atoms with Gasteiger partial charge in [0.2, 0.25) is 11.1 Å². The van der Waals surface area contributed by atoms with E-state index in [0.717, 1.165) is 110 Å². The average Bonchev–Trinajstić information content (AvgIpc) is 0.998. The summed E-state index contributed by atoms with van der Waals surface area (Å²) in [4.78, 5) is 146. The highest BCUT2D eigenvalue weighted by Crippen LogP contribution is 2.25. The Labute approximate surface area is 598 Å². The Morgan fingerprint density at radius 3 is 1.12 bits per heavy atom. The highest BCUT2D eigenvalue weighted by molar-refractivity contribution is 6.64. The zero-order chi connectivity index (χ0) is 75.4. The number of carboxylic acids is 1. The molecule has 0 saturated carbocycles. The van der Waals surface area contributed by atoms with Gasteiger partial charge in [0.15, 0.2) is 0 Å². The van der Waals surface area contributed by atoms with E-state index in [9.17, 15) is 57.5 Å². The first-order chi connectivity index (χ1) is 46.5. The SMILES string of the molecule is CC(C)(C)C(=O)Cl.CC(C)(C)OC(=O)N1CCC(/C=C/C(=O)N2CCCC=CC2=O)CC1.CC(C)(C)OC(=O)N1CCC(/C=C/C(=O)O)CC1.CC(C)(C)OC(=O)N1CCC(/C=C/C(=O)OC(=O)C(C)(C)C)CC1.O=C1C=CCCCN1.O=C1C=CCCCN1C(=O)/C=C/C1CCNCC1. The van der Waals surface area contributed by atoms with Crippen LogP contribution in [0, 0.1) is 34.5 Å². The Bertz CT molecular complexity index is 2920. The van der Waals surface area contributed by atoms with E-state index in [-0.39, 0.29) is 76.2 Å². The number of halogens is 1. The molecule has 0 radical (unpaired) electrons. The van der Waals surface area contributed by atoms with Crippen molar-refractivity contribution >= 4 is 82.6 Å². The molecule has 0 bridgehead atoms. The molecule has 7 heterocycles. The van der Waals surface area contributed by atoms with Crippen molar-refractivity contribution in [2.24, 2.45) is 34.5 Å². The van der Waals surface area contributed by atoms with Crippen molar-refractivity contribution < 1.29 is 81.6 Å². The monoisotopic (exact) mass is 1420 g/mol. The van der Waals surface area contributed by atoms with E-state index in [1.807, 2.05) is 92.7 Å². The second kappa shape index (κ2) is 43.8. The van der Waals surface area contributed by atoms with E-state index in [1.54, 1.807) is 80.5 Å². The minimum Gasteiger partial charge on any atom is -0.478 e. The number of piperidine rings is 4. The summed E-state index contributed by atoms with van der Waals surface area (Å²) in [6, 6.07) is 0. The third kappa shape index (κ3) is 39.9. The van der Waals surface area contributed by atoms with Crippen LogP contribution < -0.4 is 10.6 Å². The molecule has 3 N–H and O–H groups in total. The highest BCUT2D eigenvalue weighted by atomic mass is 35.5. The molecular weight excluding hydrogens is 1310 g/mol. The first kappa shape index (κ1) is 88.4. The number of hydrogen-bond donors (Lipinski definition) is 3. The molecular formula is C75H116ClN7O17. The molecule has 0 spiro atoms. The Morgan fingerprint density at radius 2 is 0.780 bits per heavy atom. The zero-order valence-corrected chi connectivity index (χ0v) is 62.9. The topological polar surface area (TPSA) is 302 Å². The zero-order valence-electron chi connectivity index (χ0n) is 62.2. The lowest BCUT2D eigenvalue weighted by Crippen LogP contribution is -2.41. The molecule has 100 heavy (non-hydrogen) atoms. The molecule has 8 amide bonds. The van der Waals surface area contributed by atoms with Gasteiger partial charge in [-0.2, -0.15) is 0 Å². The molecule has 7 rings (SSSR count). The molecule has 4 fully saturated rings. The Kier molecular flexibility index (Phi) is 38.7. The Balaban J connectivity index is 0.000000426. The smallest absolute Gasteiger partial charge is 0.410 e. The molecule has 0 aliphatic carbocycles. The lowest BCUT2D eigenvalue weighted by molar-refractivity contribution is -0.162. The van der Waals surface area contributed by atoms with Crippen molar-refractivity contribution in [2.45, 2.75) is 211 Å². The number of hydrogen-bond acceptors (Lipinski definition) is 17. The van der Waals surface area contributed by atoms with E-state index >= 15 is 0 Å². The van der Waals surface area contributed by atoms with Gasteiger partial charge in [-0.1, -0.05) is 63.3 Å². The van der Waals surface area contributed by atoms with Gasteiger partial charge >= 0.3 is 36.2 Å². The number of imide groups is 2. The molecule has 0 atom stereocenters. The van der Waals surface area contributed by atoms with Gasteiger partial charge in [0.1, 0.15) is 16.8 Å². The summed E-state index contributed by atoms with van der Waals surface area (Å²) in [6.45, 7) is 34.5. The molecule has 0 aromatic carbocycles. The van der Waals surface area contributed by atoms with Crippen LogP contribution >= 0.6 is 11.6 Å². The number of esters is 2. The van der Waals surface area contributed by atoms with Gasteiger partial charge in [-0.25, -0.2) is 24.0 Å². The largest absolute Gasteiger partial charge is 0.478 e. The minimum atomic E-state index is -0.926. The van der Waals surface area contributed by atoms with Gasteiger partial charge in [-0.3, -0.25) is 43.4 Å². The second-order valence-corrected chi connectivity index (χ2v) is 30.7. The van der Waals surface area contributed by atoms with E-state index in [2.05, 4.69) is 10.6 Å². The van der Waals surface area contributed by atoms with Gasteiger partial charge in [0, 0.05) is 76.5 Å². The molecule has 7 aliphatic rings. The van der Waals surface area contributed by atoms with Crippen LogP contribution in [-0.2, 0) is 62.1 Å². The fourth-order valence-corrected chi connectivity index (χ4v) is 9.79. The van der Waals surface area contributed by atoms with Crippen LogP contribution in [0.3, 0.4) is 0 Å². The van der Waals surface area contributed by atoms with Crippen molar-refractivity contribution in [3.05, 3.63) is 85.1 Å². The fourth-order valence-electron chi connectivity index (χ4n) is 9.79. The molecule has 24 nitrogen and oxygen atoms in total. The number of ether oxygens (including phenoxy) is 4. The minimum absolute atomic E-state index is 0.0440. The van der Waals surface area contributed by atoms with Crippen molar-refractivity contribution in [3.63, 3.8) is 0 Å². The third-order valence-electron chi connectivity index (χ3n) is 15.6. The summed E-state index contributed by atoms with van der Waals surface area (Å²) in [5, 5.41) is 14.3. The Morgan fingerprint density at radius 1 is 0.450 bits per heavy atom. The van der Waals surface area contributed by atoms with Gasteiger partial charge in [0.25, 0.3) is 23.6 Å². The van der Waals surface area contributed by atoms with Crippen LogP contribution in [0.15, 0.2) is 85.1 Å². The predicted molar refractivity (Wildman–Crippen MR) is 384 cm³/mol. The van der Waals surface area contributed by atoms with Gasteiger partial charge < -0.3 is 49.4 Å². The lowest BCUT2D eigenvalue weighted by atomic mass is 9.96. The van der Waals surface area contributed by atoms with E-state index < -0.39 is 40.1 Å². The maximum Gasteiger partial charge on any atom is 0.410 e. The summed E-state index contributed by atoms with van der Waals surface area (Å²) in [5.41, 5.74) is -2.55. The van der Waals surface area contributed by atoms with Crippen molar-refractivity contribution in [3.8, 4) is 0 Å². The van der Waals surface area contributed by atoms with Crippen molar-refractivity contribution in [1.29, 1.82) is 0 Å². The number of carboxylic acid groups (broad SMARTS) is 1. The van der Waals surface area contributed by atoms with Gasteiger partial charge in [-0.05, 0) is 252 Å². The number of nitrogens with one attached hydrogen (secondary N) is 2. The van der Waals surface area contributed by atoms with Crippen LogP contribution in [0.5, 0.6) is 0 Å². The first-order valence-corrected chi connectivity index (χ1v) is 35.5. The molecule has 560 valence electrons. The van der Waals surface area contributed by atoms with Crippen molar-refractivity contribution in [2.75, 3.05) is 72.0 Å². The number of carbonyl (C=O) groups excluding carboxylic acids is 11. The standard InChI is InChI=1S/C19H28N2O4.C18H29NO5.C14H20N2O2.C13H21NO4.C6H9NO.C5H9ClO/c1-19(2,3)25-18(24)20-13-10-15(11-14-20)8-9-17(23)21-12-6-4-5-7-16(21)22;1-17(2,3)15(21)23-14(20)8-7-13-9-11-19(12-10-13)16(22)24-18(4,5)6;17-13-4-2-1-3-11-16(13)14(18)6-5-12-7-9-15-10-8-12;1-13(2,3)18-12(17)14-8-6-10(7-9-14)4-5-11(15)16;8-6-4-2-1-3-5-7-6;1-5(2,3)4(6)7/h5,7-9,15H,4,6,10-14H2,1-3H3;7-8,13H,9-12H2,1-6H3;2,4-6,12,15H,1,3,7-11H2;4-5,10H,6-9H2,1-3H3,(H,15,16);2,4H,1,3,5H2,(H,7,8);1-3H3/b9-8+;8-7+;6-5+;5-4+;;. The number of rotatable bonds is 8. The second-order valence-electron chi connectivity index (χ2n) is 30.3. The van der Waals surface area contributed by atoms with E-state index in [0.29, 0.717) is 58.3 Å². The van der Waals surface area contributed by atoms with Gasteiger partial charge in [0.05, 0.1) is 5.41 Å². The van der Waals surface area contributed by atoms with Crippen LogP contribution in [0.25, 0.3) is 0 Å². The molecule has 4 saturated heterocycles. The lowest BCUT2D eigenvalue weighted by Gasteiger charge is -2.32. The van der Waals surface area contributed by atoms with Crippen LogP contribution in [0.2, 0.25) is 0 Å². The molecule has 0 unspecified atom stereocenters. The third-order valence-corrected chi connectivity index (χ3v) is 16.2. The molecule has 0 aromatic heterocycles. The maximum absolute atomic E-state index is 12.2. The molecule has 7 aliphatic heterocycles. The van der Waals surface area contributed by atoms with Crippen LogP contribution in [0.1, 0.15) is 194 Å². The van der Waals surface area contributed by atoms with E-state index in [1.165, 1.54) is 40.2 Å². The summed E-state index contributed by atoms with van der Waals surface area (Å²) < 4.78 is 20.8. The summed E-state index contributed by atoms with van der Waals surface area (Å²) in [5.74, 6) is -1.82. The molecule has 25 heteroatoms. The summed E-state index contributed by atoms with van der Waals surface area (Å²) in [7, 11) is 0. The van der Waals surface area contributed by atoms with Crippen LogP contribution in [-0.4, -0.2) is 189 Å². The van der Waals surface area contributed by atoms with E-state index in [4.69, 9.17) is 35.7 Å². The quantitative estimate of drug-likeness (QED) is 0.0668. The van der Waals surface area contributed by atoms with Gasteiger partial charge in [-0.15, -0.1) is 0 Å². The van der Waals surface area contributed by atoms with Crippen molar-refractivity contribution in [1.82, 2.24) is 35.1 Å². The molecule has 0 aromatic rings. The summed E-state index contributed by atoms with van der Waals surface area (Å²) >= 11 is 5.11. The normalized spacial score (nSPS) is 18.8. The maximum atomic E-state index is 12.2. The number of aliphatic carboxylic acids is 1. The fraction of sp³-hybridized carbons (Fsp3) is 0.653. The number of amides is 8. The Hall–Kier alpha value is -7.73. The summed E-state index contributed by atoms with van der Waals surface area (Å²) in [6.07, 6.45) is 34.3. The predicted octanol–water partition coefficient (Wildman–Crippen LogP) is 12.0. The number of nitrogens with zero attached hydrogens (tertiary/aromatic N) is 5. The first-order valence-electron chi connectivity index (χ1n) is 35.1. The van der Waals surface area contributed by atoms with Crippen LogP contribution in [0.4, 0.5) is 14.4 Å². The highest BCUT2D eigenvalue weighted by Gasteiger charge is 2.31. The number of allylic oxidation sites excluding steroid dienone is 7. The average molecular weight is 1420 g/mol.